The highest BCUT2D eigenvalue weighted by Crippen LogP contribution is 2.46. The monoisotopic (exact) mass is 455 g/mol. The van der Waals surface area contributed by atoms with Crippen LogP contribution in [0.1, 0.15) is 5.56 Å². The van der Waals surface area contributed by atoms with Crippen molar-refractivity contribution in [2.45, 2.75) is 19.4 Å². The van der Waals surface area contributed by atoms with E-state index in [2.05, 4.69) is 9.88 Å². The molecule has 29 heavy (non-hydrogen) atoms. The van der Waals surface area contributed by atoms with E-state index in [1.807, 2.05) is 4.81 Å². The molecule has 0 radical (unpaired) electrons. The van der Waals surface area contributed by atoms with Gasteiger partial charge in [-0.05, 0) is 19.0 Å². The maximum absolute atomic E-state index is 9.93. The van der Waals surface area contributed by atoms with E-state index in [1.165, 1.54) is 0 Å². The average molecular weight is 457 g/mol. The third-order valence-electron chi connectivity index (χ3n) is 5.52. The Kier molecular flexibility index (Phi) is 6.16. The van der Waals surface area contributed by atoms with Crippen molar-refractivity contribution in [1.29, 1.82) is 0 Å². The van der Waals surface area contributed by atoms with Crippen molar-refractivity contribution in [3.63, 3.8) is 0 Å². The molecular formula is C19H21BCl3N3O3. The molecule has 10 heteroatoms. The Hall–Kier alpha value is -1.22. The van der Waals surface area contributed by atoms with Gasteiger partial charge >= 0.3 is 7.05 Å². The number of pyridine rings is 1. The zero-order chi connectivity index (χ0) is 20.7. The molecule has 2 aliphatic heterocycles. The van der Waals surface area contributed by atoms with Crippen molar-refractivity contribution >= 4 is 41.9 Å². The molecule has 0 saturated carbocycles. The Labute approximate surface area is 185 Å². The Bertz CT molecular complexity index is 931. The van der Waals surface area contributed by atoms with Gasteiger partial charge in [-0.25, -0.2) is 4.98 Å². The summed E-state index contributed by atoms with van der Waals surface area (Å²) in [6.45, 7) is 5.08. The van der Waals surface area contributed by atoms with Crippen LogP contribution in [0.25, 0.3) is 11.3 Å². The molecule has 0 spiro atoms. The molecule has 4 rings (SSSR count). The number of hydrogen-bond acceptors (Lipinski definition) is 6. The second-order valence-electron chi connectivity index (χ2n) is 7.25. The summed E-state index contributed by atoms with van der Waals surface area (Å²) in [5.41, 5.74) is 1.78. The van der Waals surface area contributed by atoms with Gasteiger partial charge in [0.05, 0.1) is 29.4 Å². The zero-order valence-corrected chi connectivity index (χ0v) is 18.4. The number of aromatic nitrogens is 1. The molecule has 1 aromatic heterocycles. The van der Waals surface area contributed by atoms with Crippen molar-refractivity contribution in [3.8, 4) is 22.8 Å². The van der Waals surface area contributed by atoms with Gasteiger partial charge in [0.1, 0.15) is 28.3 Å². The Balaban J connectivity index is 1.74. The molecular weight excluding hydrogens is 435 g/mol. The highest BCUT2D eigenvalue weighted by atomic mass is 35.5. The van der Waals surface area contributed by atoms with E-state index in [1.54, 1.807) is 32.1 Å². The summed E-state index contributed by atoms with van der Waals surface area (Å²) in [5, 5.41) is 11.1. The molecule has 6 nitrogen and oxygen atoms in total. The summed E-state index contributed by atoms with van der Waals surface area (Å²) in [7, 11) is 1.08. The van der Waals surface area contributed by atoms with Crippen LogP contribution < -0.4 is 9.47 Å². The molecule has 1 saturated heterocycles. The molecule has 154 valence electrons. The quantitative estimate of drug-likeness (QED) is 0.561. The van der Waals surface area contributed by atoms with Gasteiger partial charge in [0, 0.05) is 31.7 Å². The molecule has 0 amide bonds. The summed E-state index contributed by atoms with van der Waals surface area (Å²) in [6.07, 6.45) is 0. The maximum atomic E-state index is 9.93. The molecule has 3 heterocycles. The summed E-state index contributed by atoms with van der Waals surface area (Å²) < 4.78 is 11.6. The summed E-state index contributed by atoms with van der Waals surface area (Å²) in [5.74, 6) is 1.09. The number of ether oxygens (including phenoxy) is 2. The first-order valence-electron chi connectivity index (χ1n) is 9.40. The number of methoxy groups -OCH3 is 1. The van der Waals surface area contributed by atoms with Gasteiger partial charge in [-0.15, -0.1) is 0 Å². The van der Waals surface area contributed by atoms with Crippen LogP contribution in [-0.2, 0) is 6.54 Å². The van der Waals surface area contributed by atoms with Gasteiger partial charge in [0.2, 0.25) is 0 Å². The van der Waals surface area contributed by atoms with Gasteiger partial charge in [0.25, 0.3) is 0 Å². The van der Waals surface area contributed by atoms with Gasteiger partial charge in [-0.2, -0.15) is 0 Å². The first-order valence-corrected chi connectivity index (χ1v) is 10.5. The number of fused-ring (bicyclic) bond motifs is 2. The van der Waals surface area contributed by atoms with Crippen LogP contribution in [0.5, 0.6) is 11.5 Å². The smallest absolute Gasteiger partial charge is 0.376 e. The van der Waals surface area contributed by atoms with Crippen molar-refractivity contribution in [2.24, 2.45) is 0 Å². The fourth-order valence-corrected chi connectivity index (χ4v) is 4.70. The van der Waals surface area contributed by atoms with Crippen LogP contribution in [0.2, 0.25) is 22.0 Å². The highest BCUT2D eigenvalue weighted by molar-refractivity contribution is 6.45. The van der Waals surface area contributed by atoms with Crippen molar-refractivity contribution in [1.82, 2.24) is 14.7 Å². The average Bonchev–Trinajstić information content (AvgIpc) is 2.90. The third-order valence-corrected chi connectivity index (χ3v) is 6.50. The summed E-state index contributed by atoms with van der Waals surface area (Å²) in [4.78, 5) is 8.89. The number of hydrogen-bond donors (Lipinski definition) is 1. The molecule has 2 aliphatic rings. The summed E-state index contributed by atoms with van der Waals surface area (Å²) >= 11 is 19.8. The molecule has 2 aromatic rings. The number of benzene rings is 1. The van der Waals surface area contributed by atoms with E-state index in [0.29, 0.717) is 57.7 Å². The van der Waals surface area contributed by atoms with Gasteiger partial charge in [-0.3, -0.25) is 4.90 Å². The predicted octanol–water partition coefficient (Wildman–Crippen LogP) is 3.71. The Morgan fingerprint density at radius 2 is 2.07 bits per heavy atom. The van der Waals surface area contributed by atoms with Gasteiger partial charge in [0.15, 0.2) is 0 Å². The van der Waals surface area contributed by atoms with E-state index < -0.39 is 7.05 Å². The number of rotatable bonds is 3. The molecule has 0 unspecified atom stereocenters. The fourth-order valence-electron chi connectivity index (χ4n) is 3.91. The zero-order valence-electron chi connectivity index (χ0n) is 16.2. The van der Waals surface area contributed by atoms with E-state index in [0.717, 1.165) is 18.7 Å². The minimum atomic E-state index is -0.490. The standard InChI is InChI=1S/C19H21BCl3N3O3/c1-20(27)26-7-6-25-9-12-18(29-10-11(25)8-26)16(22)17(24-19(12)23)15-13(21)4-3-5-14(15)28-2/h3-5,11,27H,6-10H2,1-2H3/t11-/m1/s1. The lowest BCUT2D eigenvalue weighted by Gasteiger charge is -2.40. The molecule has 1 N–H and O–H groups in total. The molecule has 0 bridgehead atoms. The highest BCUT2D eigenvalue weighted by Gasteiger charge is 2.35. The number of piperazine rings is 1. The lowest BCUT2D eigenvalue weighted by Crippen LogP contribution is -2.57. The van der Waals surface area contributed by atoms with Crippen molar-refractivity contribution in [2.75, 3.05) is 33.4 Å². The minimum Gasteiger partial charge on any atom is -0.496 e. The third kappa shape index (κ3) is 3.92. The lowest BCUT2D eigenvalue weighted by molar-refractivity contribution is 0.0787. The van der Waals surface area contributed by atoms with E-state index in [4.69, 9.17) is 44.3 Å². The number of nitrogens with zero attached hydrogens (tertiary/aromatic N) is 3. The van der Waals surface area contributed by atoms with Crippen LogP contribution in [0.3, 0.4) is 0 Å². The SMILES string of the molecule is COc1cccc(Cl)c1-c1nc(Cl)c2c(c1Cl)OC[C@H]1CN(B(C)O)CCN1C2. The maximum Gasteiger partial charge on any atom is 0.376 e. The molecule has 1 atom stereocenters. The van der Waals surface area contributed by atoms with E-state index in [9.17, 15) is 5.02 Å². The lowest BCUT2D eigenvalue weighted by atomic mass is 9.83. The van der Waals surface area contributed by atoms with Crippen LogP contribution in [0.15, 0.2) is 18.2 Å². The topological polar surface area (TPSA) is 58.1 Å². The molecule has 1 aromatic carbocycles. The van der Waals surface area contributed by atoms with E-state index >= 15 is 0 Å². The minimum absolute atomic E-state index is 0.121. The molecule has 1 fully saturated rings. The molecule has 0 aliphatic carbocycles. The van der Waals surface area contributed by atoms with Crippen molar-refractivity contribution < 1.29 is 14.5 Å². The van der Waals surface area contributed by atoms with Crippen LogP contribution in [0, 0.1) is 0 Å². The van der Waals surface area contributed by atoms with Crippen molar-refractivity contribution in [3.05, 3.63) is 39.0 Å². The van der Waals surface area contributed by atoms with E-state index in [-0.39, 0.29) is 6.04 Å². The largest absolute Gasteiger partial charge is 0.496 e. The Morgan fingerprint density at radius 3 is 2.79 bits per heavy atom. The van der Waals surface area contributed by atoms with Gasteiger partial charge in [-0.1, -0.05) is 40.9 Å². The predicted molar refractivity (Wildman–Crippen MR) is 116 cm³/mol. The van der Waals surface area contributed by atoms with Gasteiger partial charge < -0.3 is 19.3 Å². The second kappa shape index (κ2) is 8.50. The van der Waals surface area contributed by atoms with Crippen LogP contribution in [0.4, 0.5) is 0 Å². The second-order valence-corrected chi connectivity index (χ2v) is 8.40. The summed E-state index contributed by atoms with van der Waals surface area (Å²) in [6, 6.07) is 5.47. The Morgan fingerprint density at radius 1 is 1.28 bits per heavy atom. The first kappa shape index (κ1) is 21.0. The number of halogens is 3. The first-order chi connectivity index (χ1) is 13.9. The van der Waals surface area contributed by atoms with Crippen LogP contribution in [-0.4, -0.2) is 66.2 Å². The normalized spacial score (nSPS) is 19.7. The fraction of sp³-hybridized carbons (Fsp3) is 0.421. The van der Waals surface area contributed by atoms with Crippen LogP contribution >= 0.6 is 34.8 Å².